The summed E-state index contributed by atoms with van der Waals surface area (Å²) in [4.78, 5) is 50.7. The van der Waals surface area contributed by atoms with Crippen molar-refractivity contribution in [1.29, 1.82) is 0 Å². The smallest absolute Gasteiger partial charge is 0.335 e. The molecule has 1 aromatic heterocycles. The molecule has 128 valence electrons. The van der Waals surface area contributed by atoms with E-state index in [1.807, 2.05) is 6.07 Å². The Bertz CT molecular complexity index is 859. The molecule has 0 aliphatic carbocycles. The van der Waals surface area contributed by atoms with Gasteiger partial charge in [-0.2, -0.15) is 0 Å². The molecule has 1 atom stereocenters. The second kappa shape index (κ2) is 6.23. The van der Waals surface area contributed by atoms with Gasteiger partial charge in [-0.3, -0.25) is 19.1 Å². The van der Waals surface area contributed by atoms with Crippen LogP contribution in [0.2, 0.25) is 0 Å². The molecule has 0 bridgehead atoms. The van der Waals surface area contributed by atoms with E-state index in [0.717, 1.165) is 9.58 Å². The third-order valence-electron chi connectivity index (χ3n) is 4.12. The minimum absolute atomic E-state index is 0.141. The third kappa shape index (κ3) is 2.78. The Labute approximate surface area is 143 Å². The first-order valence-electron chi connectivity index (χ1n) is 7.61. The SMILES string of the molecule is C[C@@H](c1ccccc1)N1C(=O)C(=O)N(CC(=O)c2cccn2N)C1=O. The number of carbonyl (C=O) groups is 4. The van der Waals surface area contributed by atoms with Gasteiger partial charge in [-0.1, -0.05) is 30.3 Å². The zero-order valence-corrected chi connectivity index (χ0v) is 13.5. The van der Waals surface area contributed by atoms with E-state index in [2.05, 4.69) is 0 Å². The molecule has 0 radical (unpaired) electrons. The number of benzene rings is 1. The van der Waals surface area contributed by atoms with Crippen molar-refractivity contribution in [3.05, 3.63) is 59.9 Å². The zero-order valence-electron chi connectivity index (χ0n) is 13.5. The Hall–Kier alpha value is -3.42. The van der Waals surface area contributed by atoms with Gasteiger partial charge in [0.1, 0.15) is 5.69 Å². The monoisotopic (exact) mass is 340 g/mol. The van der Waals surface area contributed by atoms with Gasteiger partial charge in [0, 0.05) is 6.20 Å². The molecule has 1 fully saturated rings. The number of nitrogens with zero attached hydrogens (tertiary/aromatic N) is 3. The number of rotatable bonds is 5. The van der Waals surface area contributed by atoms with Crippen LogP contribution in [0.1, 0.15) is 29.0 Å². The maximum Gasteiger partial charge on any atom is 0.335 e. The van der Waals surface area contributed by atoms with Crippen LogP contribution < -0.4 is 5.84 Å². The third-order valence-corrected chi connectivity index (χ3v) is 4.12. The molecule has 2 heterocycles. The summed E-state index contributed by atoms with van der Waals surface area (Å²) in [5, 5.41) is 0. The number of carbonyl (C=O) groups excluding carboxylic acids is 4. The fourth-order valence-corrected chi connectivity index (χ4v) is 2.74. The number of imide groups is 2. The number of nitrogen functional groups attached to an aromatic ring is 1. The molecule has 1 saturated heterocycles. The van der Waals surface area contributed by atoms with E-state index < -0.39 is 36.2 Å². The Balaban J connectivity index is 1.82. The number of amides is 4. The molecule has 0 unspecified atom stereocenters. The first-order valence-corrected chi connectivity index (χ1v) is 7.61. The van der Waals surface area contributed by atoms with Gasteiger partial charge in [-0.05, 0) is 24.6 Å². The molecule has 4 amide bonds. The van der Waals surface area contributed by atoms with Crippen LogP contribution in [-0.4, -0.2) is 44.6 Å². The van der Waals surface area contributed by atoms with Gasteiger partial charge in [0.2, 0.25) is 5.78 Å². The lowest BCUT2D eigenvalue weighted by molar-refractivity contribution is -0.143. The van der Waals surface area contributed by atoms with Crippen molar-refractivity contribution < 1.29 is 19.2 Å². The summed E-state index contributed by atoms with van der Waals surface area (Å²) in [7, 11) is 0. The topological polar surface area (TPSA) is 106 Å². The van der Waals surface area contributed by atoms with Crippen LogP contribution >= 0.6 is 0 Å². The molecule has 1 aliphatic heterocycles. The molecule has 3 rings (SSSR count). The summed E-state index contributed by atoms with van der Waals surface area (Å²) in [6, 6.07) is 10.5. The number of nitrogens with two attached hydrogens (primary N) is 1. The molecule has 2 N–H and O–H groups in total. The molecule has 25 heavy (non-hydrogen) atoms. The van der Waals surface area contributed by atoms with Crippen molar-refractivity contribution in [3.8, 4) is 0 Å². The summed E-state index contributed by atoms with van der Waals surface area (Å²) in [6.07, 6.45) is 1.47. The molecule has 8 heteroatoms. The normalized spacial score (nSPS) is 15.8. The van der Waals surface area contributed by atoms with Gasteiger partial charge in [-0.25, -0.2) is 14.6 Å². The maximum atomic E-state index is 12.6. The van der Waals surface area contributed by atoms with Crippen molar-refractivity contribution in [1.82, 2.24) is 14.5 Å². The number of Topliss-reactive ketones (excluding diaryl/α,β-unsaturated/α-hetero) is 1. The molecule has 0 spiro atoms. The van der Waals surface area contributed by atoms with Gasteiger partial charge in [0.25, 0.3) is 0 Å². The first-order chi connectivity index (χ1) is 11.9. The van der Waals surface area contributed by atoms with Crippen molar-refractivity contribution in [2.75, 3.05) is 12.4 Å². The number of urea groups is 1. The van der Waals surface area contributed by atoms with Crippen LogP contribution in [0.25, 0.3) is 0 Å². The average molecular weight is 340 g/mol. The number of hydrogen-bond donors (Lipinski definition) is 1. The van der Waals surface area contributed by atoms with Crippen LogP contribution in [-0.2, 0) is 9.59 Å². The number of aromatic nitrogens is 1. The Kier molecular flexibility index (Phi) is 4.10. The van der Waals surface area contributed by atoms with E-state index >= 15 is 0 Å². The highest BCUT2D eigenvalue weighted by Gasteiger charge is 2.47. The van der Waals surface area contributed by atoms with Crippen LogP contribution in [0.5, 0.6) is 0 Å². The molecule has 1 aliphatic rings. The molecule has 2 aromatic rings. The van der Waals surface area contributed by atoms with E-state index in [4.69, 9.17) is 5.84 Å². The lowest BCUT2D eigenvalue weighted by atomic mass is 10.1. The quantitative estimate of drug-likeness (QED) is 0.377. The highest BCUT2D eigenvalue weighted by molar-refractivity contribution is 6.45. The zero-order chi connectivity index (χ0) is 18.1. The molecular weight excluding hydrogens is 324 g/mol. The summed E-state index contributed by atoms with van der Waals surface area (Å²) in [5.74, 6) is 3.10. The molecule has 1 aromatic carbocycles. The first kappa shape index (κ1) is 16.4. The Morgan fingerprint density at radius 1 is 1.04 bits per heavy atom. The summed E-state index contributed by atoms with van der Waals surface area (Å²) < 4.78 is 1.10. The lowest BCUT2D eigenvalue weighted by Crippen LogP contribution is -2.38. The van der Waals surface area contributed by atoms with Crippen molar-refractivity contribution in [2.24, 2.45) is 0 Å². The van der Waals surface area contributed by atoms with Crippen LogP contribution in [0.3, 0.4) is 0 Å². The Morgan fingerprint density at radius 2 is 1.72 bits per heavy atom. The minimum Gasteiger partial charge on any atom is -0.339 e. The fourth-order valence-electron chi connectivity index (χ4n) is 2.74. The standard InChI is InChI=1S/C17H16N4O4/c1-11(12-6-3-2-4-7-12)21-16(24)15(23)19(17(21)25)10-14(22)13-8-5-9-20(13)18/h2-9,11H,10,18H2,1H3/t11-/m0/s1. The summed E-state index contributed by atoms with van der Waals surface area (Å²) in [5.41, 5.74) is 0.851. The molecular formula is C17H16N4O4. The van der Waals surface area contributed by atoms with Crippen molar-refractivity contribution >= 4 is 23.6 Å². The largest absolute Gasteiger partial charge is 0.339 e. The predicted molar refractivity (Wildman–Crippen MR) is 87.7 cm³/mol. The number of ketones is 1. The van der Waals surface area contributed by atoms with Gasteiger partial charge < -0.3 is 5.84 Å². The second-order valence-corrected chi connectivity index (χ2v) is 5.66. The predicted octanol–water partition coefficient (Wildman–Crippen LogP) is 0.937. The van der Waals surface area contributed by atoms with E-state index in [1.165, 1.54) is 12.3 Å². The van der Waals surface area contributed by atoms with E-state index in [0.29, 0.717) is 10.5 Å². The van der Waals surface area contributed by atoms with Crippen molar-refractivity contribution in [2.45, 2.75) is 13.0 Å². The average Bonchev–Trinajstić information content (AvgIpc) is 3.12. The van der Waals surface area contributed by atoms with Crippen molar-refractivity contribution in [3.63, 3.8) is 0 Å². The fraction of sp³-hybridized carbons (Fsp3) is 0.176. The van der Waals surface area contributed by atoms with E-state index in [9.17, 15) is 19.2 Å². The summed E-state index contributed by atoms with van der Waals surface area (Å²) in [6.45, 7) is 1.11. The summed E-state index contributed by atoms with van der Waals surface area (Å²) >= 11 is 0. The second-order valence-electron chi connectivity index (χ2n) is 5.66. The van der Waals surface area contributed by atoms with Gasteiger partial charge in [0.05, 0.1) is 12.6 Å². The van der Waals surface area contributed by atoms with Gasteiger partial charge >= 0.3 is 17.8 Å². The van der Waals surface area contributed by atoms with E-state index in [1.54, 1.807) is 37.3 Å². The molecule has 0 saturated carbocycles. The van der Waals surface area contributed by atoms with Crippen LogP contribution in [0, 0.1) is 0 Å². The highest BCUT2D eigenvalue weighted by atomic mass is 16.2. The van der Waals surface area contributed by atoms with Gasteiger partial charge in [0.15, 0.2) is 0 Å². The number of hydrogen-bond acceptors (Lipinski definition) is 5. The van der Waals surface area contributed by atoms with E-state index in [-0.39, 0.29) is 5.69 Å². The molecule has 8 nitrogen and oxygen atoms in total. The van der Waals surface area contributed by atoms with Crippen LogP contribution in [0.4, 0.5) is 4.79 Å². The lowest BCUT2D eigenvalue weighted by Gasteiger charge is -2.22. The van der Waals surface area contributed by atoms with Crippen LogP contribution in [0.15, 0.2) is 48.7 Å². The highest BCUT2D eigenvalue weighted by Crippen LogP contribution is 2.26. The minimum atomic E-state index is -1.02. The Morgan fingerprint density at radius 3 is 2.32 bits per heavy atom. The van der Waals surface area contributed by atoms with Gasteiger partial charge in [-0.15, -0.1) is 0 Å². The maximum absolute atomic E-state index is 12.6.